The molecular weight excluding hydrogens is 278 g/mol. The van der Waals surface area contributed by atoms with E-state index in [9.17, 15) is 4.79 Å². The predicted octanol–water partition coefficient (Wildman–Crippen LogP) is 2.58. The van der Waals surface area contributed by atoms with Crippen molar-refractivity contribution in [3.05, 3.63) is 29.8 Å². The Bertz CT molecular complexity index is 530. The molecule has 0 spiro atoms. The quantitative estimate of drug-likeness (QED) is 0.879. The first-order valence-electron chi connectivity index (χ1n) is 8.07. The van der Waals surface area contributed by atoms with Crippen LogP contribution in [0, 0.1) is 0 Å². The summed E-state index contributed by atoms with van der Waals surface area (Å²) in [6.07, 6.45) is 3.66. The van der Waals surface area contributed by atoms with E-state index in [0.29, 0.717) is 12.6 Å². The zero-order valence-electron chi connectivity index (χ0n) is 13.3. The highest BCUT2D eigenvalue weighted by molar-refractivity contribution is 5.90. The van der Waals surface area contributed by atoms with E-state index in [1.807, 2.05) is 24.3 Å². The third kappa shape index (κ3) is 3.59. The second kappa shape index (κ2) is 6.67. The molecule has 2 fully saturated rings. The van der Waals surface area contributed by atoms with Crippen LogP contribution >= 0.6 is 0 Å². The SMILES string of the molecule is COCc1ccccc1NC(=O)NC1CC(C)N(C2CC2)C1. The van der Waals surface area contributed by atoms with Crippen LogP contribution in [0.3, 0.4) is 0 Å². The van der Waals surface area contributed by atoms with Crippen LogP contribution in [0.4, 0.5) is 10.5 Å². The summed E-state index contributed by atoms with van der Waals surface area (Å²) in [4.78, 5) is 14.8. The molecule has 5 nitrogen and oxygen atoms in total. The number of nitrogens with zero attached hydrogens (tertiary/aromatic N) is 1. The predicted molar refractivity (Wildman–Crippen MR) is 86.9 cm³/mol. The van der Waals surface area contributed by atoms with Gasteiger partial charge in [0.1, 0.15) is 0 Å². The standard InChI is InChI=1S/C17H25N3O2/c1-12-9-14(10-20(12)15-7-8-15)18-17(21)19-16-6-4-3-5-13(16)11-22-2/h3-6,12,14-15H,7-11H2,1-2H3,(H2,18,19,21). The second-order valence-electron chi connectivity index (χ2n) is 6.40. The van der Waals surface area contributed by atoms with Crippen molar-refractivity contribution in [1.29, 1.82) is 0 Å². The summed E-state index contributed by atoms with van der Waals surface area (Å²) in [6.45, 7) is 3.72. The molecular formula is C17H25N3O2. The van der Waals surface area contributed by atoms with Gasteiger partial charge in [-0.15, -0.1) is 0 Å². The van der Waals surface area contributed by atoms with Gasteiger partial charge < -0.3 is 15.4 Å². The number of carbonyl (C=O) groups is 1. The Kier molecular flexibility index (Phi) is 4.64. The number of carbonyl (C=O) groups excluding carboxylic acids is 1. The Balaban J connectivity index is 1.54. The third-order valence-corrected chi connectivity index (χ3v) is 4.54. The minimum atomic E-state index is -0.126. The molecule has 2 unspecified atom stereocenters. The van der Waals surface area contributed by atoms with Crippen molar-refractivity contribution < 1.29 is 9.53 Å². The lowest BCUT2D eigenvalue weighted by molar-refractivity contribution is 0.185. The molecule has 1 aliphatic carbocycles. The highest BCUT2D eigenvalue weighted by atomic mass is 16.5. The van der Waals surface area contributed by atoms with Gasteiger partial charge in [0.15, 0.2) is 0 Å². The van der Waals surface area contributed by atoms with Gasteiger partial charge in [-0.2, -0.15) is 0 Å². The highest BCUT2D eigenvalue weighted by Gasteiger charge is 2.39. The number of likely N-dealkylation sites (tertiary alicyclic amines) is 1. The second-order valence-corrected chi connectivity index (χ2v) is 6.40. The molecule has 1 aromatic rings. The van der Waals surface area contributed by atoms with Gasteiger partial charge in [-0.1, -0.05) is 18.2 Å². The summed E-state index contributed by atoms with van der Waals surface area (Å²) < 4.78 is 5.17. The molecule has 2 aliphatic rings. The summed E-state index contributed by atoms with van der Waals surface area (Å²) in [6, 6.07) is 9.17. The van der Waals surface area contributed by atoms with E-state index in [0.717, 1.165) is 30.3 Å². The van der Waals surface area contributed by atoms with Crippen LogP contribution in [-0.4, -0.2) is 42.7 Å². The van der Waals surface area contributed by atoms with Crippen LogP contribution < -0.4 is 10.6 Å². The summed E-state index contributed by atoms with van der Waals surface area (Å²) in [5.74, 6) is 0. The summed E-state index contributed by atoms with van der Waals surface area (Å²) in [5, 5.41) is 6.06. The van der Waals surface area contributed by atoms with Crippen molar-refractivity contribution in [2.75, 3.05) is 19.0 Å². The van der Waals surface area contributed by atoms with Crippen molar-refractivity contribution in [2.45, 2.75) is 50.9 Å². The normalized spacial score (nSPS) is 25.2. The Labute approximate surface area is 132 Å². The van der Waals surface area contributed by atoms with Gasteiger partial charge in [-0.05, 0) is 32.3 Å². The Morgan fingerprint density at radius 3 is 2.86 bits per heavy atom. The first kappa shape index (κ1) is 15.3. The lowest BCUT2D eigenvalue weighted by atomic mass is 10.2. The van der Waals surface area contributed by atoms with Crippen molar-refractivity contribution >= 4 is 11.7 Å². The van der Waals surface area contributed by atoms with Crippen LogP contribution in [0.5, 0.6) is 0 Å². The first-order valence-corrected chi connectivity index (χ1v) is 8.07. The average molecular weight is 303 g/mol. The molecule has 120 valence electrons. The maximum atomic E-state index is 12.2. The van der Waals surface area contributed by atoms with Gasteiger partial charge in [-0.25, -0.2) is 4.79 Å². The van der Waals surface area contributed by atoms with Gasteiger partial charge in [0, 0.05) is 43.0 Å². The maximum Gasteiger partial charge on any atom is 0.319 e. The van der Waals surface area contributed by atoms with E-state index in [-0.39, 0.29) is 12.1 Å². The zero-order chi connectivity index (χ0) is 15.5. The molecule has 1 aromatic carbocycles. The minimum absolute atomic E-state index is 0.126. The van der Waals surface area contributed by atoms with Crippen LogP contribution in [-0.2, 0) is 11.3 Å². The fourth-order valence-electron chi connectivity index (χ4n) is 3.34. The van der Waals surface area contributed by atoms with Gasteiger partial charge in [0.05, 0.1) is 6.61 Å². The fourth-order valence-corrected chi connectivity index (χ4v) is 3.34. The summed E-state index contributed by atoms with van der Waals surface area (Å²) in [5.41, 5.74) is 1.80. The summed E-state index contributed by atoms with van der Waals surface area (Å²) >= 11 is 0. The zero-order valence-corrected chi connectivity index (χ0v) is 13.3. The summed E-state index contributed by atoms with van der Waals surface area (Å²) in [7, 11) is 1.66. The van der Waals surface area contributed by atoms with E-state index in [4.69, 9.17) is 4.74 Å². The number of hydrogen-bond acceptors (Lipinski definition) is 3. The van der Waals surface area contributed by atoms with Gasteiger partial charge in [-0.3, -0.25) is 4.90 Å². The van der Waals surface area contributed by atoms with Crippen molar-refractivity contribution in [2.24, 2.45) is 0 Å². The molecule has 3 rings (SSSR count). The highest BCUT2D eigenvalue weighted by Crippen LogP contribution is 2.33. The van der Waals surface area contributed by atoms with Crippen LogP contribution in [0.2, 0.25) is 0 Å². The number of benzene rings is 1. The number of urea groups is 1. The molecule has 2 atom stereocenters. The smallest absolute Gasteiger partial charge is 0.319 e. The third-order valence-electron chi connectivity index (χ3n) is 4.54. The number of hydrogen-bond donors (Lipinski definition) is 2. The molecule has 22 heavy (non-hydrogen) atoms. The van der Waals surface area contributed by atoms with Crippen LogP contribution in [0.1, 0.15) is 31.7 Å². The van der Waals surface area contributed by atoms with Crippen LogP contribution in [0.25, 0.3) is 0 Å². The molecule has 0 radical (unpaired) electrons. The van der Waals surface area contributed by atoms with E-state index in [2.05, 4.69) is 22.5 Å². The number of ether oxygens (including phenoxy) is 1. The van der Waals surface area contributed by atoms with E-state index in [1.54, 1.807) is 7.11 Å². The van der Waals surface area contributed by atoms with Crippen LogP contribution in [0.15, 0.2) is 24.3 Å². The molecule has 5 heteroatoms. The number of nitrogens with one attached hydrogen (secondary N) is 2. The van der Waals surface area contributed by atoms with E-state index in [1.165, 1.54) is 12.8 Å². The number of rotatable bonds is 5. The lowest BCUT2D eigenvalue weighted by Crippen LogP contribution is -2.40. The number of amides is 2. The number of para-hydroxylation sites is 1. The van der Waals surface area contributed by atoms with Gasteiger partial charge in [0.2, 0.25) is 0 Å². The molecule has 2 N–H and O–H groups in total. The van der Waals surface area contributed by atoms with Gasteiger partial charge >= 0.3 is 6.03 Å². The topological polar surface area (TPSA) is 53.6 Å². The number of anilines is 1. The maximum absolute atomic E-state index is 12.2. The van der Waals surface area contributed by atoms with Crippen molar-refractivity contribution in [3.63, 3.8) is 0 Å². The molecule has 1 aliphatic heterocycles. The Morgan fingerprint density at radius 2 is 2.14 bits per heavy atom. The van der Waals surface area contributed by atoms with Gasteiger partial charge in [0.25, 0.3) is 0 Å². The Morgan fingerprint density at radius 1 is 1.36 bits per heavy atom. The fraction of sp³-hybridized carbons (Fsp3) is 0.588. The van der Waals surface area contributed by atoms with E-state index < -0.39 is 0 Å². The van der Waals surface area contributed by atoms with Crippen molar-refractivity contribution in [3.8, 4) is 0 Å². The largest absolute Gasteiger partial charge is 0.380 e. The molecule has 2 amide bonds. The minimum Gasteiger partial charge on any atom is -0.380 e. The molecule has 1 saturated heterocycles. The Hall–Kier alpha value is -1.59. The van der Waals surface area contributed by atoms with Crippen molar-refractivity contribution in [1.82, 2.24) is 10.2 Å². The lowest BCUT2D eigenvalue weighted by Gasteiger charge is -2.19. The number of methoxy groups -OCH3 is 1. The molecule has 1 saturated carbocycles. The monoisotopic (exact) mass is 303 g/mol. The first-order chi connectivity index (χ1) is 10.7. The average Bonchev–Trinajstić information content (AvgIpc) is 3.26. The molecule has 0 aromatic heterocycles. The molecule has 1 heterocycles. The van der Waals surface area contributed by atoms with E-state index >= 15 is 0 Å². The molecule has 0 bridgehead atoms.